The number of hydrogen-bond acceptors (Lipinski definition) is 3. The molecule has 0 aromatic rings. The van der Waals surface area contributed by atoms with Gasteiger partial charge in [0, 0.05) is 12.1 Å². The normalized spacial score (nSPS) is 23.1. The van der Waals surface area contributed by atoms with Crippen molar-refractivity contribution in [2.75, 3.05) is 19.7 Å². The minimum absolute atomic E-state index is 0.114. The fourth-order valence-electron chi connectivity index (χ4n) is 2.65. The number of nitrogens with zero attached hydrogens (tertiary/aromatic N) is 1. The Labute approximate surface area is 100 Å². The van der Waals surface area contributed by atoms with Crippen LogP contribution in [0.5, 0.6) is 0 Å². The summed E-state index contributed by atoms with van der Waals surface area (Å²) in [4.78, 5) is 2.40. The smallest absolute Gasteiger partial charge is 0.0601 e. The molecule has 1 aliphatic heterocycles. The van der Waals surface area contributed by atoms with Gasteiger partial charge in [-0.1, -0.05) is 26.7 Å². The summed E-state index contributed by atoms with van der Waals surface area (Å²) in [6.07, 6.45) is 6.17. The summed E-state index contributed by atoms with van der Waals surface area (Å²) in [6.45, 7) is 6.80. The van der Waals surface area contributed by atoms with E-state index >= 15 is 0 Å². The van der Waals surface area contributed by atoms with Crippen LogP contribution in [0.4, 0.5) is 0 Å². The van der Waals surface area contributed by atoms with Gasteiger partial charge in [0.1, 0.15) is 0 Å². The van der Waals surface area contributed by atoms with Crippen LogP contribution in [0.3, 0.4) is 0 Å². The van der Waals surface area contributed by atoms with Gasteiger partial charge >= 0.3 is 0 Å². The highest BCUT2D eigenvalue weighted by atomic mass is 16.3. The highest BCUT2D eigenvalue weighted by Crippen LogP contribution is 2.16. The number of hydrogen-bond donors (Lipinski definition) is 2. The lowest BCUT2D eigenvalue weighted by atomic mass is 9.97. The van der Waals surface area contributed by atoms with Crippen molar-refractivity contribution in [2.45, 2.75) is 58.0 Å². The lowest BCUT2D eigenvalue weighted by molar-refractivity contribution is 0.101. The van der Waals surface area contributed by atoms with Crippen LogP contribution in [0.15, 0.2) is 0 Å². The zero-order chi connectivity index (χ0) is 12.0. The van der Waals surface area contributed by atoms with Crippen LogP contribution < -0.4 is 5.73 Å². The second kappa shape index (κ2) is 7.25. The maximum absolute atomic E-state index is 9.53. The molecule has 1 saturated heterocycles. The number of likely N-dealkylation sites (tertiary alicyclic amines) is 1. The molecule has 3 heteroatoms. The number of aliphatic hydroxyl groups excluding tert-OH is 1. The molecule has 0 amide bonds. The molecule has 2 unspecified atom stereocenters. The van der Waals surface area contributed by atoms with E-state index in [4.69, 9.17) is 5.73 Å². The van der Waals surface area contributed by atoms with E-state index in [1.54, 1.807) is 0 Å². The molecule has 16 heavy (non-hydrogen) atoms. The van der Waals surface area contributed by atoms with E-state index in [-0.39, 0.29) is 18.7 Å². The highest BCUT2D eigenvalue weighted by Gasteiger charge is 2.25. The van der Waals surface area contributed by atoms with E-state index in [1.807, 2.05) is 0 Å². The minimum Gasteiger partial charge on any atom is -0.395 e. The molecule has 0 spiro atoms. The summed E-state index contributed by atoms with van der Waals surface area (Å²) in [5.41, 5.74) is 6.21. The van der Waals surface area contributed by atoms with Crippen molar-refractivity contribution in [3.63, 3.8) is 0 Å². The molecule has 1 fully saturated rings. The Kier molecular flexibility index (Phi) is 6.32. The second-order valence-corrected chi connectivity index (χ2v) is 5.49. The molecule has 96 valence electrons. The third-order valence-corrected chi connectivity index (χ3v) is 3.53. The highest BCUT2D eigenvalue weighted by molar-refractivity contribution is 4.83. The second-order valence-electron chi connectivity index (χ2n) is 5.49. The molecule has 0 aromatic heterocycles. The monoisotopic (exact) mass is 228 g/mol. The predicted octanol–water partition coefficient (Wildman–Crippen LogP) is 1.60. The van der Waals surface area contributed by atoms with Crippen LogP contribution in [0.1, 0.15) is 46.0 Å². The number of rotatable bonds is 5. The fourth-order valence-corrected chi connectivity index (χ4v) is 2.65. The Morgan fingerprint density at radius 2 is 1.69 bits per heavy atom. The lowest BCUT2D eigenvalue weighted by Gasteiger charge is -2.34. The summed E-state index contributed by atoms with van der Waals surface area (Å²) in [6, 6.07) is 0.281. The first kappa shape index (κ1) is 13.9. The van der Waals surface area contributed by atoms with Gasteiger partial charge in [0.05, 0.1) is 6.61 Å². The Morgan fingerprint density at radius 1 is 1.12 bits per heavy atom. The predicted molar refractivity (Wildman–Crippen MR) is 68.3 cm³/mol. The molecule has 0 aliphatic carbocycles. The minimum atomic E-state index is 0.114. The fraction of sp³-hybridized carbons (Fsp3) is 1.00. The van der Waals surface area contributed by atoms with Crippen molar-refractivity contribution in [3.05, 3.63) is 0 Å². The van der Waals surface area contributed by atoms with Gasteiger partial charge in [0.2, 0.25) is 0 Å². The third-order valence-electron chi connectivity index (χ3n) is 3.53. The van der Waals surface area contributed by atoms with Crippen LogP contribution in [0, 0.1) is 5.92 Å². The van der Waals surface area contributed by atoms with Gasteiger partial charge in [-0.3, -0.25) is 4.90 Å². The van der Waals surface area contributed by atoms with E-state index in [1.165, 1.54) is 25.7 Å². The third kappa shape index (κ3) is 4.40. The van der Waals surface area contributed by atoms with Gasteiger partial charge in [-0.2, -0.15) is 0 Å². The zero-order valence-corrected chi connectivity index (χ0v) is 10.9. The topological polar surface area (TPSA) is 49.5 Å². The van der Waals surface area contributed by atoms with Gasteiger partial charge in [0.25, 0.3) is 0 Å². The van der Waals surface area contributed by atoms with E-state index < -0.39 is 0 Å². The van der Waals surface area contributed by atoms with Crippen LogP contribution in [-0.2, 0) is 0 Å². The molecule has 0 bridgehead atoms. The maximum atomic E-state index is 9.53. The summed E-state index contributed by atoms with van der Waals surface area (Å²) in [7, 11) is 0. The molecule has 0 aromatic carbocycles. The van der Waals surface area contributed by atoms with Crippen molar-refractivity contribution < 1.29 is 5.11 Å². The summed E-state index contributed by atoms with van der Waals surface area (Å²) in [5.74, 6) is 0.607. The molecule has 0 radical (unpaired) electrons. The van der Waals surface area contributed by atoms with Crippen LogP contribution in [0.25, 0.3) is 0 Å². The molecule has 3 nitrogen and oxygen atoms in total. The Hall–Kier alpha value is -0.120. The molecular weight excluding hydrogens is 200 g/mol. The first-order chi connectivity index (χ1) is 7.65. The Morgan fingerprint density at radius 3 is 2.12 bits per heavy atom. The van der Waals surface area contributed by atoms with Gasteiger partial charge in [0.15, 0.2) is 0 Å². The van der Waals surface area contributed by atoms with Crippen molar-refractivity contribution >= 4 is 0 Å². The Balaban J connectivity index is 2.49. The summed E-state index contributed by atoms with van der Waals surface area (Å²) >= 11 is 0. The summed E-state index contributed by atoms with van der Waals surface area (Å²) in [5, 5.41) is 9.53. The van der Waals surface area contributed by atoms with Crippen LogP contribution in [0.2, 0.25) is 0 Å². The molecule has 2 atom stereocenters. The van der Waals surface area contributed by atoms with Gasteiger partial charge < -0.3 is 10.8 Å². The van der Waals surface area contributed by atoms with Crippen molar-refractivity contribution in [2.24, 2.45) is 11.7 Å². The van der Waals surface area contributed by atoms with Crippen molar-refractivity contribution in [1.29, 1.82) is 0 Å². The van der Waals surface area contributed by atoms with Gasteiger partial charge in [-0.15, -0.1) is 0 Å². The van der Waals surface area contributed by atoms with Gasteiger partial charge in [-0.25, -0.2) is 0 Å². The van der Waals surface area contributed by atoms with Crippen LogP contribution >= 0.6 is 0 Å². The maximum Gasteiger partial charge on any atom is 0.0601 e. The molecule has 1 aliphatic rings. The number of nitrogens with two attached hydrogens (primary N) is 1. The zero-order valence-electron chi connectivity index (χ0n) is 10.9. The largest absolute Gasteiger partial charge is 0.395 e. The van der Waals surface area contributed by atoms with E-state index in [2.05, 4.69) is 18.7 Å². The SMILES string of the molecule is CC(C)CC(N)C(CO)N1CCCCCC1. The average molecular weight is 228 g/mol. The first-order valence-corrected chi connectivity index (χ1v) is 6.75. The quantitative estimate of drug-likeness (QED) is 0.751. The van der Waals surface area contributed by atoms with E-state index in [0.29, 0.717) is 5.92 Å². The van der Waals surface area contributed by atoms with Crippen molar-refractivity contribution in [3.8, 4) is 0 Å². The van der Waals surface area contributed by atoms with Crippen molar-refractivity contribution in [1.82, 2.24) is 4.90 Å². The average Bonchev–Trinajstić information content (AvgIpc) is 2.46. The summed E-state index contributed by atoms with van der Waals surface area (Å²) < 4.78 is 0. The molecule has 1 heterocycles. The standard InChI is InChI=1S/C13H28N2O/c1-11(2)9-12(14)13(10-16)15-7-5-3-4-6-8-15/h11-13,16H,3-10,14H2,1-2H3. The van der Waals surface area contributed by atoms with E-state index in [9.17, 15) is 5.11 Å². The number of aliphatic hydroxyl groups is 1. The molecular formula is C13H28N2O. The first-order valence-electron chi connectivity index (χ1n) is 6.75. The molecule has 3 N–H and O–H groups in total. The molecule has 1 rings (SSSR count). The van der Waals surface area contributed by atoms with Crippen LogP contribution in [-0.4, -0.2) is 41.8 Å². The van der Waals surface area contributed by atoms with E-state index in [0.717, 1.165) is 19.5 Å². The Bertz CT molecular complexity index is 177. The van der Waals surface area contributed by atoms with Gasteiger partial charge in [-0.05, 0) is 38.3 Å². The molecule has 0 saturated carbocycles. The lowest BCUT2D eigenvalue weighted by Crippen LogP contribution is -2.50.